The number of carbonyl (C=O) groups excluding carboxylic acids is 1. The number of benzene rings is 4. The van der Waals surface area contributed by atoms with Gasteiger partial charge in [-0.3, -0.25) is 4.79 Å². The van der Waals surface area contributed by atoms with Crippen LogP contribution < -0.4 is 0 Å². The molecule has 3 nitrogen and oxygen atoms in total. The minimum absolute atomic E-state index is 0.660. The lowest BCUT2D eigenvalue weighted by molar-refractivity contribution is 0.112. The molecule has 0 atom stereocenters. The predicted molar refractivity (Wildman–Crippen MR) is 147 cm³/mol. The Kier molecular flexibility index (Phi) is 5.65. The van der Waals surface area contributed by atoms with Crippen molar-refractivity contribution in [1.29, 1.82) is 0 Å². The van der Waals surface area contributed by atoms with Crippen LogP contribution in [0.4, 0.5) is 0 Å². The molecule has 0 bridgehead atoms. The van der Waals surface area contributed by atoms with Crippen LogP contribution in [-0.2, 0) is 0 Å². The fourth-order valence-electron chi connectivity index (χ4n) is 4.78. The summed E-state index contributed by atoms with van der Waals surface area (Å²) >= 11 is 0. The van der Waals surface area contributed by atoms with Crippen molar-refractivity contribution in [3.63, 3.8) is 0 Å². The van der Waals surface area contributed by atoms with E-state index in [-0.39, 0.29) is 0 Å². The minimum Gasteiger partial charge on any atom is -0.308 e. The standard InChI is InChI=1S/C33H24N2O/c36-24-25-16-18-29(19-17-25)35-31(27-12-6-2-7-13-27)21-23-33(35)32-22-20-30(26-10-4-1-5-11-26)34(32)28-14-8-3-9-15-28/h1-24H. The Balaban J connectivity index is 1.63. The molecule has 172 valence electrons. The zero-order chi connectivity index (χ0) is 24.3. The van der Waals surface area contributed by atoms with Crippen LogP contribution >= 0.6 is 0 Å². The largest absolute Gasteiger partial charge is 0.308 e. The van der Waals surface area contributed by atoms with Crippen molar-refractivity contribution in [1.82, 2.24) is 9.13 Å². The Hall–Kier alpha value is -4.89. The zero-order valence-corrected chi connectivity index (χ0v) is 19.7. The summed E-state index contributed by atoms with van der Waals surface area (Å²) in [5.41, 5.74) is 9.42. The molecule has 36 heavy (non-hydrogen) atoms. The lowest BCUT2D eigenvalue weighted by atomic mass is 10.1. The average Bonchev–Trinajstić information content (AvgIpc) is 3.59. The van der Waals surface area contributed by atoms with Crippen molar-refractivity contribution in [2.45, 2.75) is 0 Å². The van der Waals surface area contributed by atoms with E-state index >= 15 is 0 Å². The van der Waals surface area contributed by atoms with E-state index in [0.717, 1.165) is 51.6 Å². The number of hydrogen-bond acceptors (Lipinski definition) is 1. The van der Waals surface area contributed by atoms with Gasteiger partial charge in [0.2, 0.25) is 0 Å². The topological polar surface area (TPSA) is 26.9 Å². The molecule has 0 aliphatic heterocycles. The van der Waals surface area contributed by atoms with Crippen LogP contribution in [0.2, 0.25) is 0 Å². The molecule has 0 N–H and O–H groups in total. The maximum Gasteiger partial charge on any atom is 0.150 e. The van der Waals surface area contributed by atoms with Crippen molar-refractivity contribution < 1.29 is 4.79 Å². The third kappa shape index (κ3) is 3.87. The Bertz CT molecular complexity index is 1610. The molecular formula is C33H24N2O. The van der Waals surface area contributed by atoms with Crippen molar-refractivity contribution in [3.8, 4) is 45.3 Å². The molecule has 6 aromatic rings. The summed E-state index contributed by atoms with van der Waals surface area (Å²) in [6.45, 7) is 0. The van der Waals surface area contributed by atoms with Gasteiger partial charge in [-0.1, -0.05) is 78.9 Å². The Morgan fingerprint density at radius 1 is 0.389 bits per heavy atom. The summed E-state index contributed by atoms with van der Waals surface area (Å²) in [6.07, 6.45) is 0.880. The van der Waals surface area contributed by atoms with Crippen molar-refractivity contribution in [2.24, 2.45) is 0 Å². The van der Waals surface area contributed by atoms with Crippen molar-refractivity contribution in [3.05, 3.63) is 145 Å². The Morgan fingerprint density at radius 2 is 0.778 bits per heavy atom. The maximum atomic E-state index is 11.3. The van der Waals surface area contributed by atoms with Gasteiger partial charge in [0.15, 0.2) is 0 Å². The van der Waals surface area contributed by atoms with Gasteiger partial charge in [0.1, 0.15) is 6.29 Å². The summed E-state index contributed by atoms with van der Waals surface area (Å²) in [7, 11) is 0. The molecule has 2 heterocycles. The monoisotopic (exact) mass is 464 g/mol. The molecule has 3 heteroatoms. The van der Waals surface area contributed by atoms with Gasteiger partial charge in [-0.2, -0.15) is 0 Å². The predicted octanol–water partition coefficient (Wildman–Crippen LogP) is 8.08. The van der Waals surface area contributed by atoms with E-state index in [2.05, 4.69) is 106 Å². The molecule has 0 amide bonds. The number of para-hydroxylation sites is 1. The van der Waals surface area contributed by atoms with Gasteiger partial charge in [-0.05, 0) is 71.8 Å². The molecule has 0 aliphatic rings. The van der Waals surface area contributed by atoms with Gasteiger partial charge in [0.25, 0.3) is 0 Å². The van der Waals surface area contributed by atoms with Crippen LogP contribution in [0, 0.1) is 0 Å². The summed E-state index contributed by atoms with van der Waals surface area (Å²) in [5, 5.41) is 0. The molecule has 0 spiro atoms. The zero-order valence-electron chi connectivity index (χ0n) is 19.7. The lowest BCUT2D eigenvalue weighted by Crippen LogP contribution is -2.04. The quantitative estimate of drug-likeness (QED) is 0.229. The molecule has 0 saturated carbocycles. The van der Waals surface area contributed by atoms with Crippen LogP contribution in [0.25, 0.3) is 45.3 Å². The smallest absolute Gasteiger partial charge is 0.150 e. The molecule has 0 aliphatic carbocycles. The van der Waals surface area contributed by atoms with Crippen LogP contribution in [0.5, 0.6) is 0 Å². The number of aromatic nitrogens is 2. The third-order valence-electron chi connectivity index (χ3n) is 6.47. The molecule has 6 rings (SSSR count). The van der Waals surface area contributed by atoms with E-state index in [4.69, 9.17) is 0 Å². The molecule has 0 saturated heterocycles. The number of hydrogen-bond donors (Lipinski definition) is 0. The highest BCUT2D eigenvalue weighted by Gasteiger charge is 2.19. The fourth-order valence-corrected chi connectivity index (χ4v) is 4.78. The molecule has 4 aromatic carbocycles. The van der Waals surface area contributed by atoms with Crippen LogP contribution in [-0.4, -0.2) is 15.4 Å². The number of aldehydes is 1. The highest BCUT2D eigenvalue weighted by atomic mass is 16.1. The van der Waals surface area contributed by atoms with Crippen LogP contribution in [0.15, 0.2) is 140 Å². The second-order valence-electron chi connectivity index (χ2n) is 8.66. The molecule has 0 unspecified atom stereocenters. The second kappa shape index (κ2) is 9.40. The molecule has 0 radical (unpaired) electrons. The first-order valence-electron chi connectivity index (χ1n) is 12.0. The van der Waals surface area contributed by atoms with Crippen molar-refractivity contribution >= 4 is 6.29 Å². The second-order valence-corrected chi connectivity index (χ2v) is 8.66. The average molecular weight is 465 g/mol. The fraction of sp³-hybridized carbons (Fsp3) is 0. The Labute approximate surface area is 210 Å². The summed E-state index contributed by atoms with van der Waals surface area (Å²) in [6, 6.07) is 47.8. The molecule has 2 aromatic heterocycles. The van der Waals surface area contributed by atoms with Gasteiger partial charge in [0, 0.05) is 16.9 Å². The SMILES string of the molecule is O=Cc1ccc(-n2c(-c3ccccc3)ccc2-c2ccc(-c3ccccc3)n2-c2ccccc2)cc1. The minimum atomic E-state index is 0.660. The third-order valence-corrected chi connectivity index (χ3v) is 6.47. The van der Waals surface area contributed by atoms with E-state index in [0.29, 0.717) is 5.56 Å². The maximum absolute atomic E-state index is 11.3. The first-order chi connectivity index (χ1) is 17.8. The number of carbonyl (C=O) groups is 1. The first-order valence-corrected chi connectivity index (χ1v) is 12.0. The van der Waals surface area contributed by atoms with E-state index in [9.17, 15) is 4.79 Å². The van der Waals surface area contributed by atoms with E-state index in [1.807, 2.05) is 42.5 Å². The van der Waals surface area contributed by atoms with E-state index in [1.54, 1.807) is 0 Å². The van der Waals surface area contributed by atoms with E-state index < -0.39 is 0 Å². The highest BCUT2D eigenvalue weighted by molar-refractivity contribution is 5.78. The highest BCUT2D eigenvalue weighted by Crippen LogP contribution is 2.37. The normalized spacial score (nSPS) is 10.9. The Morgan fingerprint density at radius 3 is 1.22 bits per heavy atom. The van der Waals surface area contributed by atoms with Gasteiger partial charge >= 0.3 is 0 Å². The van der Waals surface area contributed by atoms with Gasteiger partial charge in [0.05, 0.1) is 22.8 Å². The van der Waals surface area contributed by atoms with Crippen LogP contribution in [0.3, 0.4) is 0 Å². The first kappa shape index (κ1) is 21.6. The summed E-state index contributed by atoms with van der Waals surface area (Å²) < 4.78 is 4.59. The van der Waals surface area contributed by atoms with Crippen LogP contribution in [0.1, 0.15) is 10.4 Å². The summed E-state index contributed by atoms with van der Waals surface area (Å²) in [5.74, 6) is 0. The van der Waals surface area contributed by atoms with E-state index in [1.165, 1.54) is 0 Å². The van der Waals surface area contributed by atoms with Crippen molar-refractivity contribution in [2.75, 3.05) is 0 Å². The van der Waals surface area contributed by atoms with Gasteiger partial charge < -0.3 is 9.13 Å². The number of rotatable bonds is 6. The number of nitrogens with zero attached hydrogens (tertiary/aromatic N) is 2. The summed E-state index contributed by atoms with van der Waals surface area (Å²) in [4.78, 5) is 11.3. The molecular weight excluding hydrogens is 440 g/mol. The van der Waals surface area contributed by atoms with Gasteiger partial charge in [-0.25, -0.2) is 0 Å². The van der Waals surface area contributed by atoms with Gasteiger partial charge in [-0.15, -0.1) is 0 Å². The lowest BCUT2D eigenvalue weighted by Gasteiger charge is -2.18. The molecule has 0 fully saturated rings.